The Kier molecular flexibility index (Phi) is 4.75. The Labute approximate surface area is 116 Å². The highest BCUT2D eigenvalue weighted by Gasteiger charge is 2.21. The van der Waals surface area contributed by atoms with E-state index in [9.17, 15) is 0 Å². The molecule has 106 valence electrons. The van der Waals surface area contributed by atoms with Gasteiger partial charge in [-0.3, -0.25) is 0 Å². The van der Waals surface area contributed by atoms with Gasteiger partial charge in [0.1, 0.15) is 0 Å². The number of aromatic nitrogens is 2. The third-order valence-electron chi connectivity index (χ3n) is 3.68. The first-order valence-corrected chi connectivity index (χ1v) is 7.35. The van der Waals surface area contributed by atoms with Crippen molar-refractivity contribution in [1.29, 1.82) is 0 Å². The minimum Gasteiger partial charge on any atom is -0.341 e. The smallest absolute Gasteiger partial charge is 0.225 e. The van der Waals surface area contributed by atoms with Gasteiger partial charge in [0.2, 0.25) is 5.95 Å². The predicted octanol–water partition coefficient (Wildman–Crippen LogP) is 2.31. The molecule has 4 nitrogen and oxygen atoms in total. The van der Waals surface area contributed by atoms with Crippen molar-refractivity contribution in [3.63, 3.8) is 0 Å². The van der Waals surface area contributed by atoms with Gasteiger partial charge in [0, 0.05) is 30.5 Å². The molecular weight excluding hydrogens is 236 g/mol. The average molecular weight is 262 g/mol. The number of anilines is 1. The van der Waals surface area contributed by atoms with Gasteiger partial charge in [-0.1, -0.05) is 13.8 Å². The maximum atomic E-state index is 4.56. The zero-order valence-electron chi connectivity index (χ0n) is 12.6. The standard InChI is InChI=1S/C15H26N4/c1-11(2)16-10-14-5-7-19(8-6-14)15-17-12(3)9-13(4)18-15/h9,11,14,16H,5-8,10H2,1-4H3. The maximum Gasteiger partial charge on any atom is 0.225 e. The number of aryl methyl sites for hydroxylation is 2. The van der Waals surface area contributed by atoms with E-state index in [1.165, 1.54) is 12.8 Å². The van der Waals surface area contributed by atoms with E-state index in [1.807, 2.05) is 19.9 Å². The minimum atomic E-state index is 0.584. The number of nitrogens with one attached hydrogen (secondary N) is 1. The highest BCUT2D eigenvalue weighted by atomic mass is 15.3. The average Bonchev–Trinajstić information content (AvgIpc) is 2.36. The molecule has 0 bridgehead atoms. The van der Waals surface area contributed by atoms with Crippen LogP contribution in [-0.2, 0) is 0 Å². The molecule has 19 heavy (non-hydrogen) atoms. The van der Waals surface area contributed by atoms with E-state index in [1.54, 1.807) is 0 Å². The Balaban J connectivity index is 1.89. The predicted molar refractivity (Wildman–Crippen MR) is 79.6 cm³/mol. The first kappa shape index (κ1) is 14.3. The second-order valence-electron chi connectivity index (χ2n) is 5.94. The largest absolute Gasteiger partial charge is 0.341 e. The fourth-order valence-corrected chi connectivity index (χ4v) is 2.59. The Morgan fingerprint density at radius 2 is 1.79 bits per heavy atom. The van der Waals surface area contributed by atoms with Crippen molar-refractivity contribution in [2.75, 3.05) is 24.5 Å². The summed E-state index contributed by atoms with van der Waals surface area (Å²) in [7, 11) is 0. The molecule has 4 heteroatoms. The molecule has 0 radical (unpaired) electrons. The number of hydrogen-bond donors (Lipinski definition) is 1. The molecule has 2 heterocycles. The van der Waals surface area contributed by atoms with Crippen LogP contribution in [0.15, 0.2) is 6.07 Å². The molecular formula is C15H26N4. The number of rotatable bonds is 4. The van der Waals surface area contributed by atoms with E-state index in [-0.39, 0.29) is 0 Å². The summed E-state index contributed by atoms with van der Waals surface area (Å²) in [6, 6.07) is 2.61. The fraction of sp³-hybridized carbons (Fsp3) is 0.733. The van der Waals surface area contributed by atoms with Crippen molar-refractivity contribution in [2.45, 2.75) is 46.6 Å². The van der Waals surface area contributed by atoms with E-state index in [2.05, 4.69) is 34.0 Å². The van der Waals surface area contributed by atoms with Crippen LogP contribution in [0, 0.1) is 19.8 Å². The lowest BCUT2D eigenvalue weighted by Crippen LogP contribution is -2.39. The van der Waals surface area contributed by atoms with E-state index in [4.69, 9.17) is 0 Å². The molecule has 1 fully saturated rings. The second kappa shape index (κ2) is 6.33. The second-order valence-corrected chi connectivity index (χ2v) is 5.94. The van der Waals surface area contributed by atoms with E-state index < -0.39 is 0 Å². The van der Waals surface area contributed by atoms with Crippen LogP contribution < -0.4 is 10.2 Å². The van der Waals surface area contributed by atoms with Crippen molar-refractivity contribution < 1.29 is 0 Å². The van der Waals surface area contributed by atoms with Crippen molar-refractivity contribution in [3.8, 4) is 0 Å². The lowest BCUT2D eigenvalue weighted by atomic mass is 9.97. The zero-order valence-corrected chi connectivity index (χ0v) is 12.6. The SMILES string of the molecule is Cc1cc(C)nc(N2CCC(CNC(C)C)CC2)n1. The normalized spacial score (nSPS) is 17.2. The monoisotopic (exact) mass is 262 g/mol. The van der Waals surface area contributed by atoms with E-state index in [0.717, 1.165) is 42.9 Å². The Morgan fingerprint density at radius 3 is 2.32 bits per heavy atom. The zero-order chi connectivity index (χ0) is 13.8. The quantitative estimate of drug-likeness (QED) is 0.904. The number of piperidine rings is 1. The summed E-state index contributed by atoms with van der Waals surface area (Å²) in [5.41, 5.74) is 2.12. The molecule has 1 aliphatic heterocycles. The van der Waals surface area contributed by atoms with Crippen LogP contribution in [-0.4, -0.2) is 35.6 Å². The van der Waals surface area contributed by atoms with E-state index >= 15 is 0 Å². The summed E-state index contributed by atoms with van der Waals surface area (Å²) in [6.07, 6.45) is 2.46. The molecule has 0 atom stereocenters. The van der Waals surface area contributed by atoms with Crippen LogP contribution in [0.1, 0.15) is 38.1 Å². The van der Waals surface area contributed by atoms with Gasteiger partial charge in [-0.05, 0) is 45.2 Å². The number of hydrogen-bond acceptors (Lipinski definition) is 4. The van der Waals surface area contributed by atoms with Crippen LogP contribution >= 0.6 is 0 Å². The third-order valence-corrected chi connectivity index (χ3v) is 3.68. The van der Waals surface area contributed by atoms with Gasteiger partial charge in [-0.15, -0.1) is 0 Å². The minimum absolute atomic E-state index is 0.584. The van der Waals surface area contributed by atoms with Gasteiger partial charge in [-0.2, -0.15) is 0 Å². The van der Waals surface area contributed by atoms with Gasteiger partial charge in [0.25, 0.3) is 0 Å². The summed E-state index contributed by atoms with van der Waals surface area (Å²) in [6.45, 7) is 11.8. The van der Waals surface area contributed by atoms with Crippen LogP contribution in [0.3, 0.4) is 0 Å². The van der Waals surface area contributed by atoms with Crippen LogP contribution in [0.5, 0.6) is 0 Å². The molecule has 1 N–H and O–H groups in total. The van der Waals surface area contributed by atoms with Crippen molar-refractivity contribution >= 4 is 5.95 Å². The molecule has 2 rings (SSSR count). The molecule has 1 aliphatic rings. The first-order chi connectivity index (χ1) is 9.04. The van der Waals surface area contributed by atoms with Crippen LogP contribution in [0.2, 0.25) is 0 Å². The van der Waals surface area contributed by atoms with Crippen LogP contribution in [0.25, 0.3) is 0 Å². The molecule has 0 unspecified atom stereocenters. The molecule has 1 aromatic heterocycles. The van der Waals surface area contributed by atoms with Gasteiger partial charge in [0.15, 0.2) is 0 Å². The Bertz CT molecular complexity index is 388. The van der Waals surface area contributed by atoms with Crippen LogP contribution in [0.4, 0.5) is 5.95 Å². The van der Waals surface area contributed by atoms with Crippen molar-refractivity contribution in [3.05, 3.63) is 17.5 Å². The molecule has 1 aromatic rings. The fourth-order valence-electron chi connectivity index (χ4n) is 2.59. The maximum absolute atomic E-state index is 4.56. The summed E-state index contributed by atoms with van der Waals surface area (Å²) in [5.74, 6) is 1.71. The summed E-state index contributed by atoms with van der Waals surface area (Å²) in [4.78, 5) is 11.4. The molecule has 0 aliphatic carbocycles. The highest BCUT2D eigenvalue weighted by molar-refractivity contribution is 5.32. The summed E-state index contributed by atoms with van der Waals surface area (Å²) < 4.78 is 0. The van der Waals surface area contributed by atoms with Crippen molar-refractivity contribution in [2.24, 2.45) is 5.92 Å². The summed E-state index contributed by atoms with van der Waals surface area (Å²) >= 11 is 0. The molecule has 0 aromatic carbocycles. The molecule has 0 saturated carbocycles. The van der Waals surface area contributed by atoms with Gasteiger partial charge in [0.05, 0.1) is 0 Å². The lowest BCUT2D eigenvalue weighted by molar-refractivity contribution is 0.368. The van der Waals surface area contributed by atoms with Crippen molar-refractivity contribution in [1.82, 2.24) is 15.3 Å². The molecule has 0 amide bonds. The third kappa shape index (κ3) is 4.16. The van der Waals surface area contributed by atoms with Gasteiger partial charge < -0.3 is 10.2 Å². The lowest BCUT2D eigenvalue weighted by Gasteiger charge is -2.32. The molecule has 1 saturated heterocycles. The molecule has 0 spiro atoms. The topological polar surface area (TPSA) is 41.1 Å². The number of nitrogens with zero attached hydrogens (tertiary/aromatic N) is 3. The van der Waals surface area contributed by atoms with Gasteiger partial charge in [-0.25, -0.2) is 9.97 Å². The Hall–Kier alpha value is -1.16. The highest BCUT2D eigenvalue weighted by Crippen LogP contribution is 2.20. The first-order valence-electron chi connectivity index (χ1n) is 7.35. The van der Waals surface area contributed by atoms with E-state index in [0.29, 0.717) is 6.04 Å². The van der Waals surface area contributed by atoms with Gasteiger partial charge >= 0.3 is 0 Å². The summed E-state index contributed by atoms with van der Waals surface area (Å²) in [5, 5.41) is 3.54. The Morgan fingerprint density at radius 1 is 1.21 bits per heavy atom.